The highest BCUT2D eigenvalue weighted by atomic mass is 16.3. The predicted octanol–water partition coefficient (Wildman–Crippen LogP) is 1.64. The molecule has 4 nitrogen and oxygen atoms in total. The van der Waals surface area contributed by atoms with Crippen LogP contribution in [0.25, 0.3) is 10.8 Å². The van der Waals surface area contributed by atoms with Crippen LogP contribution in [0.5, 0.6) is 0 Å². The molecule has 1 aliphatic heterocycles. The quantitative estimate of drug-likeness (QED) is 0.787. The van der Waals surface area contributed by atoms with Gasteiger partial charge < -0.3 is 15.7 Å². The molecule has 18 heavy (non-hydrogen) atoms. The highest BCUT2D eigenvalue weighted by molar-refractivity contribution is 5.98. The van der Waals surface area contributed by atoms with E-state index in [4.69, 9.17) is 5.73 Å². The average molecular weight is 243 g/mol. The number of aliphatic hydroxyl groups is 1. The number of benzene rings is 1. The first-order valence-electron chi connectivity index (χ1n) is 6.27. The third-order valence-corrected chi connectivity index (χ3v) is 3.72. The van der Waals surface area contributed by atoms with Crippen LogP contribution in [-0.2, 0) is 0 Å². The first-order chi connectivity index (χ1) is 8.79. The Hall–Kier alpha value is -1.81. The molecular weight excluding hydrogens is 226 g/mol. The monoisotopic (exact) mass is 243 g/mol. The molecule has 4 heteroatoms. The number of hydrogen-bond donors (Lipinski definition) is 2. The predicted molar refractivity (Wildman–Crippen MR) is 73.6 cm³/mol. The summed E-state index contributed by atoms with van der Waals surface area (Å²) in [6, 6.07) is 6.06. The van der Waals surface area contributed by atoms with Crippen LogP contribution in [0.15, 0.2) is 30.6 Å². The summed E-state index contributed by atoms with van der Waals surface area (Å²) in [6.07, 6.45) is 4.63. The summed E-state index contributed by atoms with van der Waals surface area (Å²) in [5, 5.41) is 11.3. The van der Waals surface area contributed by atoms with Crippen molar-refractivity contribution in [1.82, 2.24) is 4.98 Å². The third kappa shape index (κ3) is 1.78. The zero-order chi connectivity index (χ0) is 12.5. The van der Waals surface area contributed by atoms with Crippen LogP contribution in [0.2, 0.25) is 0 Å². The molecule has 1 fully saturated rings. The van der Waals surface area contributed by atoms with E-state index < -0.39 is 0 Å². The molecule has 0 saturated carbocycles. The van der Waals surface area contributed by atoms with Crippen molar-refractivity contribution in [1.29, 1.82) is 0 Å². The zero-order valence-electron chi connectivity index (χ0n) is 10.2. The number of aromatic nitrogens is 1. The van der Waals surface area contributed by atoms with Crippen molar-refractivity contribution in [3.05, 3.63) is 30.6 Å². The SMILES string of the molecule is Nc1c(N2CCC(CO)C2)ccc2cnccc12. The van der Waals surface area contributed by atoms with E-state index in [-0.39, 0.29) is 6.61 Å². The third-order valence-electron chi connectivity index (χ3n) is 3.72. The summed E-state index contributed by atoms with van der Waals surface area (Å²) in [5.41, 5.74) is 8.14. The Balaban J connectivity index is 2.00. The van der Waals surface area contributed by atoms with Gasteiger partial charge in [0.1, 0.15) is 0 Å². The Morgan fingerprint density at radius 1 is 1.39 bits per heavy atom. The van der Waals surface area contributed by atoms with Gasteiger partial charge in [-0.25, -0.2) is 0 Å². The molecule has 0 spiro atoms. The van der Waals surface area contributed by atoms with E-state index in [0.717, 1.165) is 41.7 Å². The molecule has 1 saturated heterocycles. The number of fused-ring (bicyclic) bond motifs is 1. The lowest BCUT2D eigenvalue weighted by Crippen LogP contribution is -2.21. The van der Waals surface area contributed by atoms with Crippen molar-refractivity contribution in [2.24, 2.45) is 5.92 Å². The van der Waals surface area contributed by atoms with Gasteiger partial charge >= 0.3 is 0 Å². The maximum atomic E-state index is 9.21. The van der Waals surface area contributed by atoms with Crippen molar-refractivity contribution < 1.29 is 5.11 Å². The van der Waals surface area contributed by atoms with E-state index in [1.165, 1.54) is 0 Å². The van der Waals surface area contributed by atoms with Gasteiger partial charge in [-0.15, -0.1) is 0 Å². The fourth-order valence-electron chi connectivity index (χ4n) is 2.66. The van der Waals surface area contributed by atoms with Crippen LogP contribution in [-0.4, -0.2) is 29.8 Å². The Kier molecular flexibility index (Phi) is 2.80. The van der Waals surface area contributed by atoms with Crippen LogP contribution in [0.4, 0.5) is 11.4 Å². The number of rotatable bonds is 2. The molecule has 1 aliphatic rings. The molecule has 1 unspecified atom stereocenters. The maximum Gasteiger partial charge on any atom is 0.0632 e. The second-order valence-corrected chi connectivity index (χ2v) is 4.88. The minimum absolute atomic E-state index is 0.258. The molecular formula is C14H17N3O. The van der Waals surface area contributed by atoms with Gasteiger partial charge in [0, 0.05) is 48.8 Å². The number of pyridine rings is 1. The van der Waals surface area contributed by atoms with Gasteiger partial charge in [-0.2, -0.15) is 0 Å². The molecule has 0 aliphatic carbocycles. The second-order valence-electron chi connectivity index (χ2n) is 4.88. The maximum absolute atomic E-state index is 9.21. The fourth-order valence-corrected chi connectivity index (χ4v) is 2.66. The molecule has 2 heterocycles. The average Bonchev–Trinajstić information content (AvgIpc) is 2.88. The molecule has 0 amide bonds. The van der Waals surface area contributed by atoms with E-state index in [2.05, 4.69) is 22.0 Å². The first kappa shape index (κ1) is 11.3. The summed E-state index contributed by atoms with van der Waals surface area (Å²) >= 11 is 0. The van der Waals surface area contributed by atoms with Gasteiger partial charge in [0.05, 0.1) is 11.4 Å². The zero-order valence-corrected chi connectivity index (χ0v) is 10.2. The lowest BCUT2D eigenvalue weighted by molar-refractivity contribution is 0.238. The molecule has 3 rings (SSSR count). The smallest absolute Gasteiger partial charge is 0.0632 e. The molecule has 0 radical (unpaired) electrons. The number of anilines is 2. The van der Waals surface area contributed by atoms with Gasteiger partial charge in [0.15, 0.2) is 0 Å². The normalized spacial score (nSPS) is 19.6. The van der Waals surface area contributed by atoms with E-state index in [1.807, 2.05) is 12.3 Å². The molecule has 1 atom stereocenters. The van der Waals surface area contributed by atoms with Crippen LogP contribution >= 0.6 is 0 Å². The molecule has 94 valence electrons. The van der Waals surface area contributed by atoms with Crippen LogP contribution in [0.3, 0.4) is 0 Å². The standard InChI is InChI=1S/C14H17N3O/c15-14-12-3-5-16-7-11(12)1-2-13(14)17-6-4-10(8-17)9-18/h1-3,5,7,10,18H,4,6,8-9,15H2. The molecule has 1 aromatic heterocycles. The van der Waals surface area contributed by atoms with E-state index in [1.54, 1.807) is 6.20 Å². The topological polar surface area (TPSA) is 62.4 Å². The summed E-state index contributed by atoms with van der Waals surface area (Å²) < 4.78 is 0. The number of nitrogens with two attached hydrogens (primary N) is 1. The Labute approximate surface area is 106 Å². The van der Waals surface area contributed by atoms with Crippen molar-refractivity contribution in [3.63, 3.8) is 0 Å². The fraction of sp³-hybridized carbons (Fsp3) is 0.357. The van der Waals surface area contributed by atoms with E-state index >= 15 is 0 Å². The lowest BCUT2D eigenvalue weighted by atomic mass is 10.1. The van der Waals surface area contributed by atoms with Crippen LogP contribution in [0, 0.1) is 5.92 Å². The minimum Gasteiger partial charge on any atom is -0.397 e. The lowest BCUT2D eigenvalue weighted by Gasteiger charge is -2.21. The van der Waals surface area contributed by atoms with E-state index in [9.17, 15) is 5.11 Å². The summed E-state index contributed by atoms with van der Waals surface area (Å²) in [4.78, 5) is 6.36. The Morgan fingerprint density at radius 2 is 2.28 bits per heavy atom. The van der Waals surface area contributed by atoms with Crippen molar-refractivity contribution in [2.45, 2.75) is 6.42 Å². The molecule has 0 bridgehead atoms. The largest absolute Gasteiger partial charge is 0.397 e. The second kappa shape index (κ2) is 4.46. The summed E-state index contributed by atoms with van der Waals surface area (Å²) in [5.74, 6) is 0.373. The first-order valence-corrected chi connectivity index (χ1v) is 6.27. The van der Waals surface area contributed by atoms with Gasteiger partial charge in [-0.1, -0.05) is 6.07 Å². The van der Waals surface area contributed by atoms with Gasteiger partial charge in [0.25, 0.3) is 0 Å². The van der Waals surface area contributed by atoms with Gasteiger partial charge in [-0.05, 0) is 18.6 Å². The van der Waals surface area contributed by atoms with Crippen LogP contribution in [0.1, 0.15) is 6.42 Å². The van der Waals surface area contributed by atoms with Crippen molar-refractivity contribution in [3.8, 4) is 0 Å². The number of aliphatic hydroxyl groups excluding tert-OH is 1. The number of nitrogens with zero attached hydrogens (tertiary/aromatic N) is 2. The summed E-state index contributed by atoms with van der Waals surface area (Å²) in [7, 11) is 0. The Morgan fingerprint density at radius 3 is 3.06 bits per heavy atom. The highest BCUT2D eigenvalue weighted by Crippen LogP contribution is 2.33. The van der Waals surface area contributed by atoms with Gasteiger partial charge in [0.2, 0.25) is 0 Å². The molecule has 1 aromatic carbocycles. The number of hydrogen-bond acceptors (Lipinski definition) is 4. The molecule has 3 N–H and O–H groups in total. The van der Waals surface area contributed by atoms with E-state index in [0.29, 0.717) is 5.92 Å². The van der Waals surface area contributed by atoms with Crippen LogP contribution < -0.4 is 10.6 Å². The Bertz CT molecular complexity index is 570. The van der Waals surface area contributed by atoms with Crippen molar-refractivity contribution in [2.75, 3.05) is 30.3 Å². The summed E-state index contributed by atoms with van der Waals surface area (Å²) in [6.45, 7) is 2.11. The number of nitrogen functional groups attached to an aromatic ring is 1. The van der Waals surface area contributed by atoms with Gasteiger partial charge in [-0.3, -0.25) is 4.98 Å². The highest BCUT2D eigenvalue weighted by Gasteiger charge is 2.23. The van der Waals surface area contributed by atoms with Crippen molar-refractivity contribution >= 4 is 22.1 Å². The minimum atomic E-state index is 0.258. The molecule has 2 aromatic rings.